The lowest BCUT2D eigenvalue weighted by molar-refractivity contribution is 0.274. The number of halogens is 2. The monoisotopic (exact) mass is 322 g/mol. The van der Waals surface area contributed by atoms with Crippen molar-refractivity contribution in [3.05, 3.63) is 29.7 Å². The van der Waals surface area contributed by atoms with E-state index in [4.69, 9.17) is 10.5 Å². The molecule has 7 heteroatoms. The van der Waals surface area contributed by atoms with Crippen molar-refractivity contribution in [3.8, 4) is 5.88 Å². The molecule has 3 rings (SSSR count). The zero-order valence-corrected chi connectivity index (χ0v) is 13.0. The Labute approximate surface area is 133 Å². The normalized spacial score (nSPS) is 21.9. The Hall–Kier alpha value is -1.86. The van der Waals surface area contributed by atoms with Gasteiger partial charge < -0.3 is 10.5 Å². The van der Waals surface area contributed by atoms with Crippen LogP contribution in [0.2, 0.25) is 0 Å². The summed E-state index contributed by atoms with van der Waals surface area (Å²) in [6.45, 7) is 1.86. The Balaban J connectivity index is 1.81. The van der Waals surface area contributed by atoms with Gasteiger partial charge in [0.25, 0.3) is 0 Å². The van der Waals surface area contributed by atoms with E-state index in [2.05, 4.69) is 9.97 Å². The molecule has 23 heavy (non-hydrogen) atoms. The number of alkyl halides is 1. The number of ether oxygens (including phenoxy) is 1. The van der Waals surface area contributed by atoms with Crippen molar-refractivity contribution < 1.29 is 13.5 Å². The molecule has 2 atom stereocenters. The summed E-state index contributed by atoms with van der Waals surface area (Å²) in [5, 5.41) is 0. The first-order chi connectivity index (χ1) is 11.1. The lowest BCUT2D eigenvalue weighted by Crippen LogP contribution is -2.25. The highest BCUT2D eigenvalue weighted by Gasteiger charge is 2.31. The van der Waals surface area contributed by atoms with E-state index in [9.17, 15) is 8.78 Å². The summed E-state index contributed by atoms with van der Waals surface area (Å²) < 4.78 is 33.1. The van der Waals surface area contributed by atoms with Gasteiger partial charge in [0.2, 0.25) is 5.88 Å². The Morgan fingerprint density at radius 2 is 2.22 bits per heavy atom. The second-order valence-corrected chi connectivity index (χ2v) is 5.83. The molecule has 1 aliphatic heterocycles. The largest absolute Gasteiger partial charge is 0.481 e. The van der Waals surface area contributed by atoms with Crippen LogP contribution in [0.15, 0.2) is 18.3 Å². The summed E-state index contributed by atoms with van der Waals surface area (Å²) in [5.74, 6) is -0.115. The average Bonchev–Trinajstić information content (AvgIpc) is 2.93. The molecule has 0 aliphatic carbocycles. The number of hydrogen-bond donors (Lipinski definition) is 1. The molecule has 0 bridgehead atoms. The second-order valence-electron chi connectivity index (χ2n) is 5.83. The molecule has 5 nitrogen and oxygen atoms in total. The van der Waals surface area contributed by atoms with Crippen molar-refractivity contribution in [2.75, 3.05) is 33.3 Å². The lowest BCUT2D eigenvalue weighted by Gasteiger charge is -2.16. The number of aromatic nitrogens is 2. The number of nitrogens with two attached hydrogens (primary N) is 1. The third-order valence-corrected chi connectivity index (χ3v) is 4.37. The van der Waals surface area contributed by atoms with Gasteiger partial charge in [0.05, 0.1) is 24.3 Å². The van der Waals surface area contributed by atoms with Crippen molar-refractivity contribution in [1.82, 2.24) is 14.9 Å². The van der Waals surface area contributed by atoms with Gasteiger partial charge >= 0.3 is 0 Å². The van der Waals surface area contributed by atoms with Crippen LogP contribution >= 0.6 is 0 Å². The quantitative estimate of drug-likeness (QED) is 0.905. The summed E-state index contributed by atoms with van der Waals surface area (Å²) in [7, 11) is 1.51. The topological polar surface area (TPSA) is 64.3 Å². The van der Waals surface area contributed by atoms with Gasteiger partial charge in [-0.1, -0.05) is 0 Å². The van der Waals surface area contributed by atoms with Crippen LogP contribution in [0.5, 0.6) is 5.88 Å². The molecule has 0 unspecified atom stereocenters. The van der Waals surface area contributed by atoms with Gasteiger partial charge in [0.15, 0.2) is 0 Å². The van der Waals surface area contributed by atoms with Gasteiger partial charge in [-0.2, -0.15) is 0 Å². The number of fused-ring (bicyclic) bond motifs is 1. The summed E-state index contributed by atoms with van der Waals surface area (Å²) in [4.78, 5) is 10.3. The Kier molecular flexibility index (Phi) is 4.68. The lowest BCUT2D eigenvalue weighted by atomic mass is 10.1. The van der Waals surface area contributed by atoms with Crippen molar-refractivity contribution in [2.24, 2.45) is 11.7 Å². The minimum atomic E-state index is -0.905. The number of rotatable bonds is 5. The van der Waals surface area contributed by atoms with Gasteiger partial charge in [-0.3, -0.25) is 9.88 Å². The number of hydrogen-bond acceptors (Lipinski definition) is 5. The molecule has 0 radical (unpaired) electrons. The zero-order chi connectivity index (χ0) is 16.4. The molecule has 0 spiro atoms. The Morgan fingerprint density at radius 3 is 2.91 bits per heavy atom. The fraction of sp³-hybridized carbons (Fsp3) is 0.500. The first-order valence-electron chi connectivity index (χ1n) is 7.67. The number of likely N-dealkylation sites (tertiary alicyclic amines) is 1. The van der Waals surface area contributed by atoms with Crippen molar-refractivity contribution >= 4 is 11.0 Å². The van der Waals surface area contributed by atoms with Crippen molar-refractivity contribution in [2.45, 2.75) is 12.6 Å². The molecule has 2 N–H and O–H groups in total. The van der Waals surface area contributed by atoms with Crippen LogP contribution in [0.25, 0.3) is 11.0 Å². The Morgan fingerprint density at radius 1 is 1.39 bits per heavy atom. The fourth-order valence-electron chi connectivity index (χ4n) is 3.02. The standard InChI is InChI=1S/C16H20F2N4O/c1-23-15-3-2-14-16(21-15)11(12(17)7-20-14)4-5-22-8-10(6-19)13(18)9-22/h2-3,7,10,13H,4-6,8-9,19H2,1H3/t10-,13+/m1/s1. The smallest absolute Gasteiger partial charge is 0.213 e. The molecular formula is C16H20F2N4O. The van der Waals surface area contributed by atoms with E-state index >= 15 is 0 Å². The SMILES string of the molecule is COc1ccc2ncc(F)c(CCN3C[C@@H](CN)[C@@H](F)C3)c2n1. The predicted molar refractivity (Wildman–Crippen MR) is 83.6 cm³/mol. The van der Waals surface area contributed by atoms with Crippen LogP contribution in [0.1, 0.15) is 5.56 Å². The van der Waals surface area contributed by atoms with Gasteiger partial charge in [-0.25, -0.2) is 13.8 Å². The molecule has 1 aliphatic rings. The third-order valence-electron chi connectivity index (χ3n) is 4.37. The van der Waals surface area contributed by atoms with Crippen LogP contribution < -0.4 is 10.5 Å². The molecular weight excluding hydrogens is 302 g/mol. The Bertz CT molecular complexity index is 697. The highest BCUT2D eigenvalue weighted by atomic mass is 19.1. The molecule has 3 heterocycles. The predicted octanol–water partition coefficient (Wildman–Crippen LogP) is 1.55. The van der Waals surface area contributed by atoms with E-state index in [1.165, 1.54) is 13.3 Å². The van der Waals surface area contributed by atoms with Gasteiger partial charge in [0.1, 0.15) is 12.0 Å². The van der Waals surface area contributed by atoms with Crippen LogP contribution in [0.3, 0.4) is 0 Å². The minimum Gasteiger partial charge on any atom is -0.481 e. The van der Waals surface area contributed by atoms with Crippen LogP contribution in [-0.4, -0.2) is 54.3 Å². The maximum absolute atomic E-state index is 14.2. The maximum Gasteiger partial charge on any atom is 0.213 e. The minimum absolute atomic E-state index is 0.132. The van der Waals surface area contributed by atoms with E-state index in [-0.39, 0.29) is 5.92 Å². The number of methoxy groups -OCH3 is 1. The molecule has 0 amide bonds. The highest BCUT2D eigenvalue weighted by molar-refractivity contribution is 5.78. The second kappa shape index (κ2) is 6.72. The van der Waals surface area contributed by atoms with Crippen LogP contribution in [0, 0.1) is 11.7 Å². The van der Waals surface area contributed by atoms with E-state index in [0.29, 0.717) is 55.1 Å². The van der Waals surface area contributed by atoms with Gasteiger partial charge in [0, 0.05) is 37.2 Å². The number of pyridine rings is 2. The highest BCUT2D eigenvalue weighted by Crippen LogP contribution is 2.23. The molecule has 0 aromatic carbocycles. The summed E-state index contributed by atoms with van der Waals surface area (Å²) in [5.41, 5.74) is 7.17. The van der Waals surface area contributed by atoms with Crippen molar-refractivity contribution in [1.29, 1.82) is 0 Å². The molecule has 0 saturated carbocycles. The van der Waals surface area contributed by atoms with Crippen LogP contribution in [0.4, 0.5) is 8.78 Å². The third kappa shape index (κ3) is 3.25. The summed E-state index contributed by atoms with van der Waals surface area (Å²) >= 11 is 0. The van der Waals surface area contributed by atoms with Gasteiger partial charge in [-0.15, -0.1) is 0 Å². The summed E-state index contributed by atoms with van der Waals surface area (Å²) in [6, 6.07) is 3.44. The molecule has 1 saturated heterocycles. The average molecular weight is 322 g/mol. The van der Waals surface area contributed by atoms with E-state index < -0.39 is 12.0 Å². The molecule has 1 fully saturated rings. The zero-order valence-electron chi connectivity index (χ0n) is 13.0. The number of nitrogens with zero attached hydrogens (tertiary/aromatic N) is 3. The molecule has 2 aromatic heterocycles. The van der Waals surface area contributed by atoms with E-state index in [1.54, 1.807) is 12.1 Å². The first-order valence-corrected chi connectivity index (χ1v) is 7.67. The molecule has 124 valence electrons. The maximum atomic E-state index is 14.2. The fourth-order valence-corrected chi connectivity index (χ4v) is 3.02. The first kappa shape index (κ1) is 16.0. The van der Waals surface area contributed by atoms with E-state index in [1.807, 2.05) is 4.90 Å². The van der Waals surface area contributed by atoms with E-state index in [0.717, 1.165) is 0 Å². The van der Waals surface area contributed by atoms with Crippen molar-refractivity contribution in [3.63, 3.8) is 0 Å². The van der Waals surface area contributed by atoms with Crippen LogP contribution in [-0.2, 0) is 6.42 Å². The van der Waals surface area contributed by atoms with Gasteiger partial charge in [-0.05, 0) is 19.0 Å². The summed E-state index contributed by atoms with van der Waals surface area (Å²) in [6.07, 6.45) is 0.739. The molecule has 2 aromatic rings.